The zero-order valence-electron chi connectivity index (χ0n) is 24.9. The van der Waals surface area contributed by atoms with Gasteiger partial charge in [0.25, 0.3) is 5.91 Å². The van der Waals surface area contributed by atoms with Gasteiger partial charge in [-0.2, -0.15) is 0 Å². The largest absolute Gasteiger partial charge is 0.481 e. The number of hydrogen-bond acceptors (Lipinski definition) is 7. The van der Waals surface area contributed by atoms with Gasteiger partial charge in [0.1, 0.15) is 0 Å². The molecule has 0 bridgehead atoms. The van der Waals surface area contributed by atoms with Crippen molar-refractivity contribution in [2.45, 2.75) is 65.9 Å². The van der Waals surface area contributed by atoms with E-state index in [1.807, 2.05) is 13.8 Å². The van der Waals surface area contributed by atoms with Gasteiger partial charge >= 0.3 is 12.0 Å². The fourth-order valence-corrected chi connectivity index (χ4v) is 4.53. The van der Waals surface area contributed by atoms with Gasteiger partial charge in [-0.25, -0.2) is 14.6 Å². The number of aliphatic hydroxyl groups excluding tert-OH is 1. The average molecular weight is 579 g/mol. The number of carbonyl (C=O) groups is 3. The molecular weight excluding hydrogens is 540 g/mol. The summed E-state index contributed by atoms with van der Waals surface area (Å²) in [5.74, 6) is -1.54. The number of carboxylic acids is 1. The van der Waals surface area contributed by atoms with E-state index in [-0.39, 0.29) is 17.9 Å². The number of aliphatic carboxylic acids is 1. The number of pyridine rings is 1. The van der Waals surface area contributed by atoms with Crippen LogP contribution < -0.4 is 20.7 Å². The molecule has 11 nitrogen and oxygen atoms in total. The lowest BCUT2D eigenvalue weighted by Crippen LogP contribution is -2.50. The van der Waals surface area contributed by atoms with E-state index in [1.165, 1.54) is 13.2 Å². The van der Waals surface area contributed by atoms with Gasteiger partial charge in [0, 0.05) is 23.5 Å². The second kappa shape index (κ2) is 13.5. The predicted octanol–water partition coefficient (Wildman–Crippen LogP) is 4.90. The van der Waals surface area contributed by atoms with E-state index in [2.05, 4.69) is 20.9 Å². The molecule has 2 atom stereocenters. The molecule has 0 saturated heterocycles. The van der Waals surface area contributed by atoms with Crippen molar-refractivity contribution in [3.8, 4) is 17.0 Å². The van der Waals surface area contributed by atoms with Crippen LogP contribution in [0.2, 0.25) is 0 Å². The summed E-state index contributed by atoms with van der Waals surface area (Å²) >= 11 is 0. The first-order valence-corrected chi connectivity index (χ1v) is 13.4. The molecule has 0 saturated carbocycles. The number of anilines is 2. The molecule has 3 amide bonds. The van der Waals surface area contributed by atoms with E-state index in [0.717, 1.165) is 11.1 Å². The summed E-state index contributed by atoms with van der Waals surface area (Å²) in [7, 11) is 1.51. The van der Waals surface area contributed by atoms with Crippen molar-refractivity contribution in [2.24, 2.45) is 0 Å². The maximum Gasteiger partial charge on any atom is 0.328 e. The normalized spacial score (nSPS) is 12.7. The number of carbonyl (C=O) groups excluding carboxylic acids is 2. The Labute approximate surface area is 245 Å². The van der Waals surface area contributed by atoms with E-state index in [4.69, 9.17) is 9.47 Å². The van der Waals surface area contributed by atoms with Crippen LogP contribution in [0.4, 0.5) is 16.2 Å². The Hall–Kier alpha value is -4.48. The fraction of sp³-hybridized carbons (Fsp3) is 0.355. The van der Waals surface area contributed by atoms with Crippen LogP contribution in [0.25, 0.3) is 11.1 Å². The molecule has 224 valence electrons. The third kappa shape index (κ3) is 8.27. The molecule has 0 fully saturated rings. The van der Waals surface area contributed by atoms with E-state index < -0.39 is 35.7 Å². The number of aromatic nitrogens is 1. The molecule has 5 N–H and O–H groups in total. The minimum atomic E-state index is -1.35. The van der Waals surface area contributed by atoms with Crippen molar-refractivity contribution in [1.29, 1.82) is 0 Å². The van der Waals surface area contributed by atoms with Gasteiger partial charge in [-0.15, -0.1) is 0 Å². The number of methoxy groups -OCH3 is 1. The monoisotopic (exact) mass is 578 g/mol. The summed E-state index contributed by atoms with van der Waals surface area (Å²) in [4.78, 5) is 42.9. The van der Waals surface area contributed by atoms with Crippen LogP contribution in [0.5, 0.6) is 5.88 Å². The second-order valence-corrected chi connectivity index (χ2v) is 10.9. The smallest absolute Gasteiger partial charge is 0.328 e. The summed E-state index contributed by atoms with van der Waals surface area (Å²) in [6.45, 7) is 10.4. The van der Waals surface area contributed by atoms with Gasteiger partial charge in [-0.3, -0.25) is 4.79 Å². The second-order valence-electron chi connectivity index (χ2n) is 10.9. The number of aryl methyl sites for hydroxylation is 2. The molecule has 1 heterocycles. The van der Waals surface area contributed by atoms with Crippen molar-refractivity contribution in [3.63, 3.8) is 0 Å². The molecule has 3 aromatic rings. The number of aliphatic hydroxyl groups is 1. The minimum Gasteiger partial charge on any atom is -0.481 e. The first-order valence-electron chi connectivity index (χ1n) is 13.4. The van der Waals surface area contributed by atoms with Crippen LogP contribution in [0, 0.1) is 13.8 Å². The molecule has 1 aromatic heterocycles. The first-order chi connectivity index (χ1) is 19.7. The van der Waals surface area contributed by atoms with Crippen molar-refractivity contribution >= 4 is 29.3 Å². The third-order valence-corrected chi connectivity index (χ3v) is 6.37. The van der Waals surface area contributed by atoms with Gasteiger partial charge < -0.3 is 35.6 Å². The number of nitrogens with one attached hydrogen (secondary N) is 3. The Kier molecular flexibility index (Phi) is 10.3. The van der Waals surface area contributed by atoms with Crippen LogP contribution >= 0.6 is 0 Å². The molecule has 0 spiro atoms. The maximum absolute atomic E-state index is 13.4. The summed E-state index contributed by atoms with van der Waals surface area (Å²) < 4.78 is 10.9. The SMILES string of the molecule is COc1ccc(-c2ccc(C(=O)N[C@H](C(=O)O)[C@@H](C)OC(C)(C)C)c(NC(=O)Nc3c(C)cc(CO)cc3C)c2)cn1. The standard InChI is InChI=1S/C31H38N4O7/c1-17-12-20(16-36)13-18(2)26(17)35-30(40)33-24-14-21(22-9-11-25(41-7)32-15-22)8-10-23(24)28(37)34-27(29(38)39)19(3)42-31(4,5)6/h8-15,19,27,36H,16H2,1-7H3,(H,34,37)(H,38,39)(H2,33,35,40)/t19-,27+/m1/s1. The van der Waals surface area contributed by atoms with Crippen molar-refractivity contribution in [3.05, 3.63) is 70.9 Å². The number of carboxylic acid groups (broad SMARTS) is 1. The van der Waals surface area contributed by atoms with Crippen LogP contribution in [0.15, 0.2) is 48.7 Å². The lowest BCUT2D eigenvalue weighted by atomic mass is 10.0. The predicted molar refractivity (Wildman–Crippen MR) is 160 cm³/mol. The first kappa shape index (κ1) is 32.0. The number of urea groups is 1. The topological polar surface area (TPSA) is 159 Å². The lowest BCUT2D eigenvalue weighted by molar-refractivity contribution is -0.146. The third-order valence-electron chi connectivity index (χ3n) is 6.37. The summed E-state index contributed by atoms with van der Waals surface area (Å²) in [6.07, 6.45) is 0.753. The Morgan fingerprint density at radius 2 is 1.62 bits per heavy atom. The molecule has 2 aromatic carbocycles. The molecule has 0 aliphatic carbocycles. The number of benzene rings is 2. The van der Waals surface area contributed by atoms with Crippen LogP contribution in [-0.2, 0) is 16.1 Å². The number of ether oxygens (including phenoxy) is 2. The van der Waals surface area contributed by atoms with Crippen LogP contribution in [0.1, 0.15) is 54.7 Å². The van der Waals surface area contributed by atoms with E-state index in [1.54, 1.807) is 70.3 Å². The van der Waals surface area contributed by atoms with Gasteiger partial charge in [0.15, 0.2) is 6.04 Å². The molecule has 0 aliphatic rings. The number of nitrogens with zero attached hydrogens (tertiary/aromatic N) is 1. The molecular formula is C31H38N4O7. The van der Waals surface area contributed by atoms with Gasteiger partial charge in [0.2, 0.25) is 5.88 Å². The Morgan fingerprint density at radius 3 is 2.14 bits per heavy atom. The molecule has 3 rings (SSSR count). The van der Waals surface area contributed by atoms with Crippen molar-refractivity contribution < 1.29 is 34.1 Å². The molecule has 0 radical (unpaired) electrons. The van der Waals surface area contributed by atoms with Crippen molar-refractivity contribution in [1.82, 2.24) is 10.3 Å². The summed E-state index contributed by atoms with van der Waals surface area (Å²) in [5.41, 5.74) is 3.69. The number of rotatable bonds is 10. The minimum absolute atomic E-state index is 0.0497. The van der Waals surface area contributed by atoms with Gasteiger partial charge in [0.05, 0.1) is 36.7 Å². The Morgan fingerprint density at radius 1 is 0.976 bits per heavy atom. The summed E-state index contributed by atoms with van der Waals surface area (Å²) in [5, 5.41) is 27.4. The molecule has 11 heteroatoms. The maximum atomic E-state index is 13.4. The van der Waals surface area contributed by atoms with E-state index in [0.29, 0.717) is 28.3 Å². The number of hydrogen-bond donors (Lipinski definition) is 5. The number of amides is 3. The lowest BCUT2D eigenvalue weighted by Gasteiger charge is -2.29. The Balaban J connectivity index is 1.97. The highest BCUT2D eigenvalue weighted by molar-refractivity contribution is 6.08. The fourth-order valence-electron chi connectivity index (χ4n) is 4.53. The zero-order valence-corrected chi connectivity index (χ0v) is 24.9. The van der Waals surface area contributed by atoms with Gasteiger partial charge in [-0.05, 0) is 82.0 Å². The Bertz CT molecular complexity index is 1430. The molecule has 0 aliphatic heterocycles. The molecule has 42 heavy (non-hydrogen) atoms. The van der Waals surface area contributed by atoms with Crippen LogP contribution in [0.3, 0.4) is 0 Å². The highest BCUT2D eigenvalue weighted by Gasteiger charge is 2.31. The molecule has 0 unspecified atom stereocenters. The quantitative estimate of drug-likeness (QED) is 0.227. The average Bonchev–Trinajstić information content (AvgIpc) is 2.92. The van der Waals surface area contributed by atoms with Crippen molar-refractivity contribution in [2.75, 3.05) is 17.7 Å². The van der Waals surface area contributed by atoms with E-state index in [9.17, 15) is 24.6 Å². The highest BCUT2D eigenvalue weighted by Crippen LogP contribution is 2.28. The van der Waals surface area contributed by atoms with Crippen LogP contribution in [-0.4, -0.2) is 58.0 Å². The van der Waals surface area contributed by atoms with E-state index >= 15 is 0 Å². The highest BCUT2D eigenvalue weighted by atomic mass is 16.5. The van der Waals surface area contributed by atoms with Gasteiger partial charge in [-0.1, -0.05) is 18.2 Å². The zero-order chi connectivity index (χ0) is 31.2. The summed E-state index contributed by atoms with van der Waals surface area (Å²) in [6, 6.07) is 9.83.